The van der Waals surface area contributed by atoms with Crippen molar-refractivity contribution in [3.8, 4) is 0 Å². The number of hydrogen-bond donors (Lipinski definition) is 2. The fourth-order valence-corrected chi connectivity index (χ4v) is 4.15. The predicted octanol–water partition coefficient (Wildman–Crippen LogP) is 2.22. The van der Waals surface area contributed by atoms with Gasteiger partial charge in [0.15, 0.2) is 5.96 Å². The summed E-state index contributed by atoms with van der Waals surface area (Å²) in [5, 5.41) is 6.73. The quantitative estimate of drug-likeness (QED) is 0.490. The summed E-state index contributed by atoms with van der Waals surface area (Å²) < 4.78 is 5.48. The van der Waals surface area contributed by atoms with Gasteiger partial charge in [0.1, 0.15) is 0 Å². The van der Waals surface area contributed by atoms with Crippen molar-refractivity contribution in [2.24, 2.45) is 10.9 Å². The van der Waals surface area contributed by atoms with Crippen LogP contribution in [0, 0.1) is 5.92 Å². The lowest BCUT2D eigenvalue weighted by Crippen LogP contribution is -2.44. The number of benzene rings is 1. The van der Waals surface area contributed by atoms with Crippen molar-refractivity contribution in [1.29, 1.82) is 0 Å². The highest BCUT2D eigenvalue weighted by atomic mass is 16.5. The molecule has 0 radical (unpaired) electrons. The van der Waals surface area contributed by atoms with Gasteiger partial charge >= 0.3 is 0 Å². The van der Waals surface area contributed by atoms with Gasteiger partial charge in [-0.3, -0.25) is 9.69 Å². The zero-order chi connectivity index (χ0) is 21.9. The van der Waals surface area contributed by atoms with Gasteiger partial charge < -0.3 is 20.3 Å². The predicted molar refractivity (Wildman–Crippen MR) is 125 cm³/mol. The fraction of sp³-hybridized carbons (Fsp3) is 0.667. The van der Waals surface area contributed by atoms with Crippen LogP contribution in [0.1, 0.15) is 43.2 Å². The van der Waals surface area contributed by atoms with E-state index in [1.54, 1.807) is 19.0 Å². The summed E-state index contributed by atoms with van der Waals surface area (Å²) in [6.45, 7) is 6.23. The molecule has 0 atom stereocenters. The zero-order valence-corrected chi connectivity index (χ0v) is 19.2. The first-order valence-electron chi connectivity index (χ1n) is 11.7. The highest BCUT2D eigenvalue weighted by molar-refractivity contribution is 5.86. The number of rotatable bonds is 8. The molecular weight excluding hydrogens is 390 g/mol. The Hall–Kier alpha value is -2.12. The van der Waals surface area contributed by atoms with Crippen LogP contribution >= 0.6 is 0 Å². The van der Waals surface area contributed by atoms with Crippen molar-refractivity contribution in [1.82, 2.24) is 20.4 Å². The molecule has 1 aliphatic carbocycles. The van der Waals surface area contributed by atoms with Crippen LogP contribution in [0.15, 0.2) is 29.3 Å². The third-order valence-corrected chi connectivity index (χ3v) is 6.21. The largest absolute Gasteiger partial charge is 0.379 e. The minimum absolute atomic E-state index is 0.0416. The molecule has 31 heavy (non-hydrogen) atoms. The van der Waals surface area contributed by atoms with Crippen LogP contribution in [-0.4, -0.2) is 75.2 Å². The molecule has 1 aromatic rings. The Morgan fingerprint density at radius 3 is 2.52 bits per heavy atom. The fourth-order valence-electron chi connectivity index (χ4n) is 4.15. The van der Waals surface area contributed by atoms with Gasteiger partial charge in [-0.25, -0.2) is 4.99 Å². The molecule has 1 heterocycles. The molecule has 1 saturated carbocycles. The lowest BCUT2D eigenvalue weighted by atomic mass is 9.89. The first-order chi connectivity index (χ1) is 15.1. The van der Waals surface area contributed by atoms with Crippen LogP contribution in [-0.2, 0) is 22.6 Å². The van der Waals surface area contributed by atoms with Gasteiger partial charge in [0, 0.05) is 40.3 Å². The number of guanidine groups is 1. The van der Waals surface area contributed by atoms with Gasteiger partial charge in [-0.1, -0.05) is 43.5 Å². The molecule has 1 aromatic carbocycles. The van der Waals surface area contributed by atoms with Gasteiger partial charge in [0.2, 0.25) is 5.91 Å². The second-order valence-electron chi connectivity index (χ2n) is 8.85. The molecule has 1 aliphatic heterocycles. The smallest absolute Gasteiger partial charge is 0.241 e. The van der Waals surface area contributed by atoms with Gasteiger partial charge in [0.05, 0.1) is 26.3 Å². The maximum atomic E-state index is 12.1. The number of morpholine rings is 1. The highest BCUT2D eigenvalue weighted by Crippen LogP contribution is 2.22. The molecule has 0 spiro atoms. The number of ether oxygens (including phenoxy) is 1. The van der Waals surface area contributed by atoms with Crippen molar-refractivity contribution in [3.05, 3.63) is 35.4 Å². The second kappa shape index (κ2) is 12.7. The summed E-state index contributed by atoms with van der Waals surface area (Å²) in [5.74, 6) is 1.46. The van der Waals surface area contributed by atoms with Gasteiger partial charge in [-0.2, -0.15) is 0 Å². The maximum Gasteiger partial charge on any atom is 0.241 e. The molecule has 7 nitrogen and oxygen atoms in total. The van der Waals surface area contributed by atoms with Crippen molar-refractivity contribution in [2.75, 3.05) is 53.5 Å². The number of nitrogens with one attached hydrogen (secondary N) is 2. The lowest BCUT2D eigenvalue weighted by molar-refractivity contribution is -0.127. The normalized spacial score (nSPS) is 18.6. The summed E-state index contributed by atoms with van der Waals surface area (Å²) in [7, 11) is 3.55. The van der Waals surface area contributed by atoms with Crippen LogP contribution in [0.3, 0.4) is 0 Å². The standard InChI is InChI=1S/C24H39N5O2/c1-28(2)23(30)18-27-24(25-16-20-8-4-3-5-9-20)26-17-21-10-6-7-11-22(21)19-29-12-14-31-15-13-29/h6-7,10-11,20H,3-5,8-9,12-19H2,1-2H3,(H2,25,26,27). The molecule has 1 saturated heterocycles. The second-order valence-corrected chi connectivity index (χ2v) is 8.85. The van der Waals surface area contributed by atoms with Crippen molar-refractivity contribution < 1.29 is 9.53 Å². The molecule has 3 rings (SSSR count). The molecular formula is C24H39N5O2. The van der Waals surface area contributed by atoms with Crippen LogP contribution in [0.2, 0.25) is 0 Å². The number of hydrogen-bond acceptors (Lipinski definition) is 4. The number of carbonyl (C=O) groups excluding carboxylic acids is 1. The minimum Gasteiger partial charge on any atom is -0.379 e. The molecule has 2 N–H and O–H groups in total. The van der Waals surface area contributed by atoms with E-state index in [9.17, 15) is 4.79 Å². The Bertz CT molecular complexity index is 710. The van der Waals surface area contributed by atoms with Crippen molar-refractivity contribution >= 4 is 11.9 Å². The van der Waals surface area contributed by atoms with E-state index in [4.69, 9.17) is 9.73 Å². The summed E-state index contributed by atoms with van der Waals surface area (Å²) in [6.07, 6.45) is 6.55. The summed E-state index contributed by atoms with van der Waals surface area (Å²) in [5.41, 5.74) is 2.54. The summed E-state index contributed by atoms with van der Waals surface area (Å²) in [4.78, 5) is 20.9. The van der Waals surface area contributed by atoms with Crippen LogP contribution in [0.5, 0.6) is 0 Å². The van der Waals surface area contributed by atoms with E-state index in [1.807, 2.05) is 0 Å². The molecule has 2 aliphatic rings. The molecule has 7 heteroatoms. The Labute approximate surface area is 187 Å². The van der Waals surface area contributed by atoms with E-state index in [0.717, 1.165) is 45.4 Å². The zero-order valence-electron chi connectivity index (χ0n) is 19.2. The third kappa shape index (κ3) is 8.15. The summed E-state index contributed by atoms with van der Waals surface area (Å²) in [6, 6.07) is 8.52. The monoisotopic (exact) mass is 429 g/mol. The summed E-state index contributed by atoms with van der Waals surface area (Å²) >= 11 is 0. The average Bonchev–Trinajstić information content (AvgIpc) is 2.80. The van der Waals surface area contributed by atoms with Crippen LogP contribution in [0.25, 0.3) is 0 Å². The van der Waals surface area contributed by atoms with Gasteiger partial charge in [-0.15, -0.1) is 0 Å². The number of carbonyl (C=O) groups is 1. The number of nitrogens with zero attached hydrogens (tertiary/aromatic N) is 3. The SMILES string of the molecule is CN(C)C(=O)CNC(=NCc1ccccc1CN1CCOCC1)NCC1CCCCC1. The topological polar surface area (TPSA) is 69.2 Å². The third-order valence-electron chi connectivity index (χ3n) is 6.21. The first kappa shape index (κ1) is 23.5. The average molecular weight is 430 g/mol. The Kier molecular flexibility index (Phi) is 9.62. The molecule has 0 unspecified atom stereocenters. The molecule has 0 aromatic heterocycles. The number of amides is 1. The number of aliphatic imine (C=N–C) groups is 1. The van der Waals surface area contributed by atoms with Crippen LogP contribution in [0.4, 0.5) is 0 Å². The van der Waals surface area contributed by atoms with Crippen LogP contribution < -0.4 is 10.6 Å². The Balaban J connectivity index is 1.63. The molecule has 172 valence electrons. The Morgan fingerprint density at radius 1 is 1.10 bits per heavy atom. The minimum atomic E-state index is 0.0416. The van der Waals surface area contributed by atoms with Crippen molar-refractivity contribution in [2.45, 2.75) is 45.2 Å². The highest BCUT2D eigenvalue weighted by Gasteiger charge is 2.15. The van der Waals surface area contributed by atoms with E-state index in [-0.39, 0.29) is 12.5 Å². The maximum absolute atomic E-state index is 12.1. The first-order valence-corrected chi connectivity index (χ1v) is 11.7. The molecule has 1 amide bonds. The van der Waals surface area contributed by atoms with Gasteiger partial charge in [0.25, 0.3) is 0 Å². The van der Waals surface area contributed by atoms with E-state index in [1.165, 1.54) is 43.2 Å². The van der Waals surface area contributed by atoms with Crippen molar-refractivity contribution in [3.63, 3.8) is 0 Å². The molecule has 2 fully saturated rings. The molecule has 0 bridgehead atoms. The van der Waals surface area contributed by atoms with Gasteiger partial charge in [-0.05, 0) is 29.9 Å². The van der Waals surface area contributed by atoms with E-state index in [0.29, 0.717) is 12.5 Å². The Morgan fingerprint density at radius 2 is 1.81 bits per heavy atom. The number of likely N-dealkylation sites (N-methyl/N-ethyl adjacent to an activating group) is 1. The van der Waals surface area contributed by atoms with E-state index < -0.39 is 0 Å². The lowest BCUT2D eigenvalue weighted by Gasteiger charge is -2.27. The van der Waals surface area contributed by atoms with E-state index in [2.05, 4.69) is 39.8 Å². The van der Waals surface area contributed by atoms with E-state index >= 15 is 0 Å².